The molecule has 2 atom stereocenters. The molecule has 1 saturated heterocycles. The molecule has 3 heteroatoms. The van der Waals surface area contributed by atoms with Crippen LogP contribution in [0.1, 0.15) is 32.1 Å². The molecular weight excluding hydrogens is 216 g/mol. The van der Waals surface area contributed by atoms with Gasteiger partial charge in [-0.25, -0.2) is 0 Å². The first-order chi connectivity index (χ1) is 8.21. The van der Waals surface area contributed by atoms with Crippen molar-refractivity contribution in [3.8, 4) is 0 Å². The van der Waals surface area contributed by atoms with Crippen molar-refractivity contribution in [3.05, 3.63) is 25.3 Å². The summed E-state index contributed by atoms with van der Waals surface area (Å²) in [5.41, 5.74) is -0.411. The number of aliphatic hydroxyl groups is 1. The second-order valence-corrected chi connectivity index (χ2v) is 4.99. The maximum absolute atomic E-state index is 10.4. The molecule has 2 rings (SSSR count). The van der Waals surface area contributed by atoms with E-state index in [1.807, 2.05) is 6.08 Å². The average molecular weight is 238 g/mol. The minimum atomic E-state index is -0.632. The molecule has 0 aromatic carbocycles. The summed E-state index contributed by atoms with van der Waals surface area (Å²) in [7, 11) is 0. The molecule has 0 amide bonds. The number of aliphatic hydroxyl groups excluding tert-OH is 1. The highest BCUT2D eigenvalue weighted by Crippen LogP contribution is 2.54. The Hall–Kier alpha value is -0.640. The number of hydrogen-bond acceptors (Lipinski definition) is 3. The molecule has 2 fully saturated rings. The molecular formula is C14H22O3. The molecule has 0 bridgehead atoms. The predicted octanol–water partition coefficient (Wildman–Crippen LogP) is 2.41. The van der Waals surface area contributed by atoms with Crippen LogP contribution in [0.2, 0.25) is 0 Å². The molecule has 96 valence electrons. The lowest BCUT2D eigenvalue weighted by Crippen LogP contribution is -2.57. The van der Waals surface area contributed by atoms with Gasteiger partial charge in [0.2, 0.25) is 0 Å². The smallest absolute Gasteiger partial charge is 0.177 e. The Balaban J connectivity index is 2.37. The topological polar surface area (TPSA) is 38.7 Å². The van der Waals surface area contributed by atoms with Crippen molar-refractivity contribution in [2.45, 2.75) is 44.0 Å². The zero-order valence-electron chi connectivity index (χ0n) is 10.4. The van der Waals surface area contributed by atoms with Gasteiger partial charge >= 0.3 is 0 Å². The second-order valence-electron chi connectivity index (χ2n) is 4.99. The molecule has 0 unspecified atom stereocenters. The summed E-state index contributed by atoms with van der Waals surface area (Å²) in [4.78, 5) is 0. The van der Waals surface area contributed by atoms with Gasteiger partial charge in [0.05, 0.1) is 24.7 Å². The molecule has 0 aromatic rings. The lowest BCUT2D eigenvalue weighted by molar-refractivity contribution is -0.275. The Bertz CT molecular complexity index is 294. The fourth-order valence-corrected chi connectivity index (χ4v) is 3.36. The fourth-order valence-electron chi connectivity index (χ4n) is 3.36. The molecule has 17 heavy (non-hydrogen) atoms. The van der Waals surface area contributed by atoms with Crippen LogP contribution in [0.3, 0.4) is 0 Å². The molecule has 0 aromatic heterocycles. The zero-order valence-corrected chi connectivity index (χ0v) is 10.4. The van der Waals surface area contributed by atoms with Gasteiger partial charge in [-0.05, 0) is 19.3 Å². The third-order valence-electron chi connectivity index (χ3n) is 4.19. The predicted molar refractivity (Wildman–Crippen MR) is 66.6 cm³/mol. The van der Waals surface area contributed by atoms with Crippen LogP contribution in [0.4, 0.5) is 0 Å². The van der Waals surface area contributed by atoms with E-state index in [0.717, 1.165) is 25.7 Å². The van der Waals surface area contributed by atoms with Gasteiger partial charge in [0.1, 0.15) is 0 Å². The number of allylic oxidation sites excluding steroid dienone is 1. The number of rotatable bonds is 4. The molecule has 1 spiro atoms. The first kappa shape index (κ1) is 12.8. The van der Waals surface area contributed by atoms with Crippen molar-refractivity contribution in [1.29, 1.82) is 0 Å². The summed E-state index contributed by atoms with van der Waals surface area (Å²) in [5, 5.41) is 10.4. The van der Waals surface area contributed by atoms with Gasteiger partial charge in [-0.15, -0.1) is 13.2 Å². The van der Waals surface area contributed by atoms with Crippen molar-refractivity contribution in [2.75, 3.05) is 13.2 Å². The van der Waals surface area contributed by atoms with Gasteiger partial charge < -0.3 is 14.6 Å². The Kier molecular flexibility index (Phi) is 3.71. The van der Waals surface area contributed by atoms with E-state index in [9.17, 15) is 5.11 Å². The minimum absolute atomic E-state index is 0.411. The molecule has 1 heterocycles. The summed E-state index contributed by atoms with van der Waals surface area (Å²) in [6.45, 7) is 8.76. The van der Waals surface area contributed by atoms with Gasteiger partial charge in [-0.1, -0.05) is 18.6 Å². The molecule has 3 nitrogen and oxygen atoms in total. The first-order valence-corrected chi connectivity index (χ1v) is 6.40. The molecule has 1 aliphatic carbocycles. The maximum Gasteiger partial charge on any atom is 0.177 e. The Morgan fingerprint density at radius 2 is 1.82 bits per heavy atom. The third-order valence-corrected chi connectivity index (χ3v) is 4.19. The van der Waals surface area contributed by atoms with Crippen LogP contribution in [0.15, 0.2) is 25.3 Å². The molecule has 1 N–H and O–H groups in total. The van der Waals surface area contributed by atoms with Crippen LogP contribution in [0, 0.1) is 5.41 Å². The molecule has 2 aliphatic rings. The van der Waals surface area contributed by atoms with Crippen molar-refractivity contribution in [3.63, 3.8) is 0 Å². The monoisotopic (exact) mass is 238 g/mol. The number of hydrogen-bond donors (Lipinski definition) is 1. The van der Waals surface area contributed by atoms with E-state index in [0.29, 0.717) is 19.6 Å². The Labute approximate surface area is 103 Å². The summed E-state index contributed by atoms with van der Waals surface area (Å²) in [6.07, 6.45) is 7.46. The standard InChI is InChI=1S/C14H22O3/c1-3-7-13(12(15)4-2)8-5-6-9-14(13)16-10-11-17-14/h3-4,12,15H,1-2,5-11H2/t12-,13+/m0/s1. The van der Waals surface area contributed by atoms with Crippen LogP contribution in [0.25, 0.3) is 0 Å². The van der Waals surface area contributed by atoms with E-state index >= 15 is 0 Å². The van der Waals surface area contributed by atoms with Gasteiger partial charge in [0.25, 0.3) is 0 Å². The van der Waals surface area contributed by atoms with E-state index < -0.39 is 17.3 Å². The van der Waals surface area contributed by atoms with E-state index in [-0.39, 0.29) is 0 Å². The van der Waals surface area contributed by atoms with Gasteiger partial charge in [-0.3, -0.25) is 0 Å². The van der Waals surface area contributed by atoms with E-state index in [2.05, 4.69) is 13.2 Å². The Morgan fingerprint density at radius 3 is 2.41 bits per heavy atom. The average Bonchev–Trinajstić information content (AvgIpc) is 2.81. The van der Waals surface area contributed by atoms with Crippen molar-refractivity contribution in [2.24, 2.45) is 5.41 Å². The minimum Gasteiger partial charge on any atom is -0.388 e. The van der Waals surface area contributed by atoms with Crippen LogP contribution < -0.4 is 0 Å². The summed E-state index contributed by atoms with van der Waals surface area (Å²) < 4.78 is 11.8. The van der Waals surface area contributed by atoms with Crippen molar-refractivity contribution in [1.82, 2.24) is 0 Å². The van der Waals surface area contributed by atoms with Crippen LogP contribution in [-0.2, 0) is 9.47 Å². The molecule has 1 saturated carbocycles. The summed E-state index contributed by atoms with van der Waals surface area (Å²) in [5.74, 6) is -0.632. The van der Waals surface area contributed by atoms with Crippen LogP contribution >= 0.6 is 0 Å². The Morgan fingerprint density at radius 1 is 1.18 bits per heavy atom. The molecule has 0 radical (unpaired) electrons. The summed E-state index contributed by atoms with van der Waals surface area (Å²) in [6, 6.07) is 0. The SMILES string of the molecule is C=CC[C@]1([C@@H](O)C=C)CCCCC12OCCO2. The highest BCUT2D eigenvalue weighted by atomic mass is 16.7. The van der Waals surface area contributed by atoms with Crippen molar-refractivity contribution < 1.29 is 14.6 Å². The van der Waals surface area contributed by atoms with Gasteiger partial charge in [0.15, 0.2) is 5.79 Å². The van der Waals surface area contributed by atoms with Crippen LogP contribution in [0.5, 0.6) is 0 Å². The van der Waals surface area contributed by atoms with Gasteiger partial charge in [-0.2, -0.15) is 0 Å². The first-order valence-electron chi connectivity index (χ1n) is 6.40. The highest BCUT2D eigenvalue weighted by Gasteiger charge is 2.59. The second kappa shape index (κ2) is 4.92. The fraction of sp³-hybridized carbons (Fsp3) is 0.714. The van der Waals surface area contributed by atoms with E-state index in [1.54, 1.807) is 6.08 Å². The van der Waals surface area contributed by atoms with Crippen molar-refractivity contribution >= 4 is 0 Å². The lowest BCUT2D eigenvalue weighted by atomic mass is 9.63. The number of ether oxygens (including phenoxy) is 2. The molecule has 1 aliphatic heterocycles. The van der Waals surface area contributed by atoms with E-state index in [1.165, 1.54) is 0 Å². The van der Waals surface area contributed by atoms with E-state index in [4.69, 9.17) is 9.47 Å². The lowest BCUT2D eigenvalue weighted by Gasteiger charge is -2.51. The summed E-state index contributed by atoms with van der Waals surface area (Å²) >= 11 is 0. The third kappa shape index (κ3) is 1.86. The zero-order chi connectivity index (χ0) is 12.4. The largest absolute Gasteiger partial charge is 0.388 e. The van der Waals surface area contributed by atoms with Crippen LogP contribution in [-0.4, -0.2) is 30.2 Å². The van der Waals surface area contributed by atoms with Gasteiger partial charge in [0, 0.05) is 6.42 Å². The highest BCUT2D eigenvalue weighted by molar-refractivity contribution is 5.09. The maximum atomic E-state index is 10.4. The quantitative estimate of drug-likeness (QED) is 0.764. The normalized spacial score (nSPS) is 33.5.